The van der Waals surface area contributed by atoms with E-state index in [1.165, 1.54) is 40.5 Å². The normalized spacial score (nSPS) is 34.5. The Balaban J connectivity index is 1.91. The van der Waals surface area contributed by atoms with Crippen LogP contribution in [0, 0.1) is 30.6 Å². The van der Waals surface area contributed by atoms with Crippen LogP contribution in [0.5, 0.6) is 0 Å². The van der Waals surface area contributed by atoms with Crippen LogP contribution in [0.1, 0.15) is 51.2 Å². The van der Waals surface area contributed by atoms with Crippen LogP contribution in [0.2, 0.25) is 0 Å². The lowest BCUT2D eigenvalue weighted by Gasteiger charge is -2.43. The van der Waals surface area contributed by atoms with E-state index in [-0.39, 0.29) is 0 Å². The van der Waals surface area contributed by atoms with E-state index >= 15 is 0 Å². The monoisotopic (exact) mass is 335 g/mol. The highest BCUT2D eigenvalue weighted by atomic mass is 79.9. The third-order valence-electron chi connectivity index (χ3n) is 6.02. The highest BCUT2D eigenvalue weighted by Gasteiger charge is 2.59. The molecule has 0 radical (unpaired) electrons. The lowest BCUT2D eigenvalue weighted by atomic mass is 9.68. The minimum atomic E-state index is 0.405. The molecule has 0 amide bonds. The average Bonchev–Trinajstić information content (AvgIpc) is 2.83. The van der Waals surface area contributed by atoms with Crippen molar-refractivity contribution in [2.24, 2.45) is 16.7 Å². The molecular weight excluding hydrogens is 310 g/mol. The Bertz CT molecular complexity index is 521. The van der Waals surface area contributed by atoms with Crippen LogP contribution in [0.15, 0.2) is 16.6 Å². The third kappa shape index (κ3) is 2.03. The van der Waals surface area contributed by atoms with Gasteiger partial charge in [0, 0.05) is 16.2 Å². The van der Waals surface area contributed by atoms with E-state index in [2.05, 4.69) is 68.0 Å². The van der Waals surface area contributed by atoms with Crippen molar-refractivity contribution in [2.45, 2.75) is 59.9 Å². The number of benzene rings is 1. The molecule has 0 aliphatic heterocycles. The minimum absolute atomic E-state index is 0.405. The molecule has 1 N–H and O–H groups in total. The number of fused-ring (bicyclic) bond motifs is 2. The fourth-order valence-electron chi connectivity index (χ4n) is 4.86. The predicted molar refractivity (Wildman–Crippen MR) is 90.3 cm³/mol. The summed E-state index contributed by atoms with van der Waals surface area (Å²) in [6, 6.07) is 5.15. The SMILES string of the molecule is Cc1cc(NC2C(C)(C)[C@H]3CC[C@]2(C)C3)cc(C)c1Br. The van der Waals surface area contributed by atoms with Crippen LogP contribution in [-0.2, 0) is 0 Å². The number of nitrogens with one attached hydrogen (secondary N) is 1. The van der Waals surface area contributed by atoms with E-state index in [0.717, 1.165) is 5.92 Å². The van der Waals surface area contributed by atoms with Gasteiger partial charge in [-0.25, -0.2) is 0 Å². The van der Waals surface area contributed by atoms with E-state index in [1.807, 2.05) is 0 Å². The van der Waals surface area contributed by atoms with Gasteiger partial charge in [0.1, 0.15) is 0 Å². The van der Waals surface area contributed by atoms with Gasteiger partial charge in [-0.1, -0.05) is 36.7 Å². The first-order valence-corrected chi connectivity index (χ1v) is 8.56. The topological polar surface area (TPSA) is 12.0 Å². The van der Waals surface area contributed by atoms with Crippen LogP contribution < -0.4 is 5.32 Å². The van der Waals surface area contributed by atoms with Gasteiger partial charge in [-0.2, -0.15) is 0 Å². The summed E-state index contributed by atoms with van der Waals surface area (Å²) in [5.41, 5.74) is 4.80. The van der Waals surface area contributed by atoms with Gasteiger partial charge < -0.3 is 5.32 Å². The number of halogens is 1. The average molecular weight is 336 g/mol. The number of anilines is 1. The molecule has 2 aliphatic carbocycles. The Morgan fingerprint density at radius 3 is 2.25 bits per heavy atom. The van der Waals surface area contributed by atoms with E-state index < -0.39 is 0 Å². The number of rotatable bonds is 2. The summed E-state index contributed by atoms with van der Waals surface area (Å²) in [6.07, 6.45) is 4.19. The molecule has 2 saturated carbocycles. The number of hydrogen-bond acceptors (Lipinski definition) is 1. The smallest absolute Gasteiger partial charge is 0.0368 e. The first-order chi connectivity index (χ1) is 9.24. The lowest BCUT2D eigenvalue weighted by molar-refractivity contribution is 0.155. The largest absolute Gasteiger partial charge is 0.381 e. The number of hydrogen-bond donors (Lipinski definition) is 1. The molecule has 0 aromatic heterocycles. The molecule has 1 aromatic rings. The summed E-state index contributed by atoms with van der Waals surface area (Å²) in [5, 5.41) is 3.89. The lowest BCUT2D eigenvalue weighted by Crippen LogP contribution is -2.45. The molecule has 2 bridgehead atoms. The van der Waals surface area contributed by atoms with Gasteiger partial charge in [0.15, 0.2) is 0 Å². The van der Waals surface area contributed by atoms with Gasteiger partial charge >= 0.3 is 0 Å². The Hall–Kier alpha value is -0.500. The molecule has 3 atom stereocenters. The molecule has 1 unspecified atom stereocenters. The summed E-state index contributed by atoms with van der Waals surface area (Å²) in [4.78, 5) is 0. The van der Waals surface area contributed by atoms with Crippen molar-refractivity contribution in [3.63, 3.8) is 0 Å². The second-order valence-electron chi connectivity index (χ2n) is 7.92. The highest BCUT2D eigenvalue weighted by Crippen LogP contribution is 2.63. The van der Waals surface area contributed by atoms with E-state index in [9.17, 15) is 0 Å². The van der Waals surface area contributed by atoms with E-state index in [1.54, 1.807) is 0 Å². The first-order valence-electron chi connectivity index (χ1n) is 7.77. The fourth-order valence-corrected chi connectivity index (χ4v) is 5.09. The molecule has 1 nitrogen and oxygen atoms in total. The summed E-state index contributed by atoms with van der Waals surface area (Å²) in [5.74, 6) is 0.891. The van der Waals surface area contributed by atoms with Gasteiger partial charge in [0.25, 0.3) is 0 Å². The predicted octanol–water partition coefficient (Wildman–Crippen LogP) is 5.69. The van der Waals surface area contributed by atoms with Crippen LogP contribution in [-0.4, -0.2) is 6.04 Å². The maximum atomic E-state index is 3.89. The van der Waals surface area contributed by atoms with Crippen molar-refractivity contribution < 1.29 is 0 Å². The summed E-state index contributed by atoms with van der Waals surface area (Å²) < 4.78 is 1.24. The molecular formula is C18H26BrN. The summed E-state index contributed by atoms with van der Waals surface area (Å²) >= 11 is 3.66. The maximum absolute atomic E-state index is 3.89. The highest BCUT2D eigenvalue weighted by molar-refractivity contribution is 9.10. The van der Waals surface area contributed by atoms with Gasteiger partial charge in [0.2, 0.25) is 0 Å². The van der Waals surface area contributed by atoms with Crippen molar-refractivity contribution in [2.75, 3.05) is 5.32 Å². The second-order valence-corrected chi connectivity index (χ2v) is 8.71. The number of aryl methyl sites for hydroxylation is 2. The van der Waals surface area contributed by atoms with Crippen molar-refractivity contribution >= 4 is 21.6 Å². The Morgan fingerprint density at radius 2 is 1.75 bits per heavy atom. The van der Waals surface area contributed by atoms with Gasteiger partial charge in [-0.05, 0) is 73.1 Å². The van der Waals surface area contributed by atoms with Crippen LogP contribution >= 0.6 is 15.9 Å². The van der Waals surface area contributed by atoms with Crippen LogP contribution in [0.25, 0.3) is 0 Å². The van der Waals surface area contributed by atoms with Crippen LogP contribution in [0.4, 0.5) is 5.69 Å². The fraction of sp³-hybridized carbons (Fsp3) is 0.667. The molecule has 0 saturated heterocycles. The minimum Gasteiger partial charge on any atom is -0.381 e. The third-order valence-corrected chi connectivity index (χ3v) is 7.27. The van der Waals surface area contributed by atoms with Crippen molar-refractivity contribution in [3.05, 3.63) is 27.7 Å². The molecule has 3 rings (SSSR count). The quantitative estimate of drug-likeness (QED) is 0.731. The summed E-state index contributed by atoms with van der Waals surface area (Å²) in [7, 11) is 0. The van der Waals surface area contributed by atoms with E-state index in [4.69, 9.17) is 0 Å². The molecule has 0 heterocycles. The molecule has 1 aromatic carbocycles. The Morgan fingerprint density at radius 1 is 1.15 bits per heavy atom. The van der Waals surface area contributed by atoms with Gasteiger partial charge in [0.05, 0.1) is 0 Å². The second kappa shape index (κ2) is 4.50. The van der Waals surface area contributed by atoms with Gasteiger partial charge in [-0.15, -0.1) is 0 Å². The Labute approximate surface area is 131 Å². The van der Waals surface area contributed by atoms with Gasteiger partial charge in [-0.3, -0.25) is 0 Å². The molecule has 2 heteroatoms. The van der Waals surface area contributed by atoms with Crippen molar-refractivity contribution in [3.8, 4) is 0 Å². The molecule has 110 valence electrons. The molecule has 2 fully saturated rings. The zero-order chi connectivity index (χ0) is 14.7. The maximum Gasteiger partial charge on any atom is 0.0368 e. The van der Waals surface area contributed by atoms with Crippen molar-refractivity contribution in [1.29, 1.82) is 0 Å². The van der Waals surface area contributed by atoms with Crippen molar-refractivity contribution in [1.82, 2.24) is 0 Å². The first kappa shape index (κ1) is 14.4. The Kier molecular flexibility index (Phi) is 3.25. The van der Waals surface area contributed by atoms with Crippen LogP contribution in [0.3, 0.4) is 0 Å². The summed E-state index contributed by atoms with van der Waals surface area (Å²) in [6.45, 7) is 11.8. The van der Waals surface area contributed by atoms with E-state index in [0.29, 0.717) is 16.9 Å². The standard InChI is InChI=1S/C18H26BrN/c1-11-8-14(9-12(2)15(11)19)20-16-17(3,4)13-6-7-18(16,5)10-13/h8-9,13,16,20H,6-7,10H2,1-5H3/t13-,16?,18+/m0/s1. The molecule has 20 heavy (non-hydrogen) atoms. The zero-order valence-electron chi connectivity index (χ0n) is 13.3. The molecule has 0 spiro atoms. The molecule has 2 aliphatic rings. The zero-order valence-corrected chi connectivity index (χ0v) is 14.9.